The van der Waals surface area contributed by atoms with E-state index in [9.17, 15) is 0 Å². The van der Waals surface area contributed by atoms with Gasteiger partial charge in [0.05, 0.1) is 26.4 Å². The molecule has 3 heteroatoms. The van der Waals surface area contributed by atoms with Gasteiger partial charge in [0.2, 0.25) is 0 Å². The summed E-state index contributed by atoms with van der Waals surface area (Å²) in [5, 5.41) is 11.6. The molecule has 16 heavy (non-hydrogen) atoms. The SMILES string of the molecule is OCCOCCNCC#Cc1ccccc1. The average molecular weight is 219 g/mol. The molecule has 0 atom stereocenters. The van der Waals surface area contributed by atoms with E-state index in [0.717, 1.165) is 12.1 Å². The van der Waals surface area contributed by atoms with Gasteiger partial charge in [-0.25, -0.2) is 0 Å². The fraction of sp³-hybridized carbons (Fsp3) is 0.385. The summed E-state index contributed by atoms with van der Waals surface area (Å²) in [6.45, 7) is 2.49. The third-order valence-electron chi connectivity index (χ3n) is 1.88. The van der Waals surface area contributed by atoms with Crippen molar-refractivity contribution in [3.05, 3.63) is 35.9 Å². The van der Waals surface area contributed by atoms with Crippen molar-refractivity contribution in [1.29, 1.82) is 0 Å². The summed E-state index contributed by atoms with van der Waals surface area (Å²) in [4.78, 5) is 0. The second-order valence-corrected chi connectivity index (χ2v) is 3.18. The van der Waals surface area contributed by atoms with Gasteiger partial charge < -0.3 is 15.2 Å². The number of benzene rings is 1. The van der Waals surface area contributed by atoms with Crippen LogP contribution in [0.2, 0.25) is 0 Å². The maximum Gasteiger partial charge on any atom is 0.0698 e. The minimum Gasteiger partial charge on any atom is -0.394 e. The standard InChI is InChI=1S/C13H17NO2/c15-10-12-16-11-9-14-8-4-7-13-5-2-1-3-6-13/h1-3,5-6,14-15H,8-12H2. The van der Waals surface area contributed by atoms with Crippen LogP contribution in [-0.4, -0.2) is 38.0 Å². The second-order valence-electron chi connectivity index (χ2n) is 3.18. The number of rotatable bonds is 6. The van der Waals surface area contributed by atoms with Crippen molar-refractivity contribution in [2.24, 2.45) is 0 Å². The van der Waals surface area contributed by atoms with Crippen molar-refractivity contribution in [3.8, 4) is 11.8 Å². The van der Waals surface area contributed by atoms with Gasteiger partial charge in [0, 0.05) is 12.1 Å². The lowest BCUT2D eigenvalue weighted by atomic mass is 10.2. The molecule has 0 unspecified atom stereocenters. The molecule has 0 amide bonds. The van der Waals surface area contributed by atoms with E-state index in [1.54, 1.807) is 0 Å². The predicted molar refractivity (Wildman–Crippen MR) is 64.1 cm³/mol. The van der Waals surface area contributed by atoms with Crippen LogP contribution in [0.25, 0.3) is 0 Å². The van der Waals surface area contributed by atoms with Gasteiger partial charge in [-0.3, -0.25) is 0 Å². The lowest BCUT2D eigenvalue weighted by molar-refractivity contribution is 0.0944. The van der Waals surface area contributed by atoms with Crippen molar-refractivity contribution >= 4 is 0 Å². The highest BCUT2D eigenvalue weighted by molar-refractivity contribution is 5.33. The highest BCUT2D eigenvalue weighted by Crippen LogP contribution is 1.93. The summed E-state index contributed by atoms with van der Waals surface area (Å²) in [5.74, 6) is 6.08. The van der Waals surface area contributed by atoms with Gasteiger partial charge in [-0.05, 0) is 12.1 Å². The fourth-order valence-corrected chi connectivity index (χ4v) is 1.13. The van der Waals surface area contributed by atoms with Crippen molar-refractivity contribution < 1.29 is 9.84 Å². The van der Waals surface area contributed by atoms with Crippen LogP contribution >= 0.6 is 0 Å². The van der Waals surface area contributed by atoms with Gasteiger partial charge >= 0.3 is 0 Å². The van der Waals surface area contributed by atoms with Gasteiger partial charge in [0.1, 0.15) is 0 Å². The monoisotopic (exact) mass is 219 g/mol. The molecule has 3 nitrogen and oxygen atoms in total. The summed E-state index contributed by atoms with van der Waals surface area (Å²) in [6.07, 6.45) is 0. The van der Waals surface area contributed by atoms with E-state index in [2.05, 4.69) is 17.2 Å². The van der Waals surface area contributed by atoms with Crippen molar-refractivity contribution in [2.45, 2.75) is 0 Å². The number of aliphatic hydroxyl groups excluding tert-OH is 1. The molecule has 1 aromatic rings. The molecular weight excluding hydrogens is 202 g/mol. The number of ether oxygens (including phenoxy) is 1. The van der Waals surface area contributed by atoms with E-state index in [1.165, 1.54) is 0 Å². The molecule has 0 spiro atoms. The molecule has 0 bridgehead atoms. The summed E-state index contributed by atoms with van der Waals surface area (Å²) in [6, 6.07) is 9.89. The van der Waals surface area contributed by atoms with Gasteiger partial charge in [-0.1, -0.05) is 30.0 Å². The van der Waals surface area contributed by atoms with Crippen LogP contribution in [0, 0.1) is 11.8 Å². The van der Waals surface area contributed by atoms with Crippen LogP contribution in [0.5, 0.6) is 0 Å². The van der Waals surface area contributed by atoms with Crippen molar-refractivity contribution in [2.75, 3.05) is 32.9 Å². The molecule has 0 aliphatic carbocycles. The minimum atomic E-state index is 0.0772. The van der Waals surface area contributed by atoms with Gasteiger partial charge in [-0.15, -0.1) is 0 Å². The van der Waals surface area contributed by atoms with E-state index >= 15 is 0 Å². The Morgan fingerprint density at radius 1 is 1.19 bits per heavy atom. The summed E-state index contributed by atoms with van der Waals surface area (Å²) < 4.78 is 5.09. The number of aliphatic hydroxyl groups is 1. The summed E-state index contributed by atoms with van der Waals surface area (Å²) in [5.41, 5.74) is 1.03. The smallest absolute Gasteiger partial charge is 0.0698 e. The molecule has 0 aromatic heterocycles. The molecule has 1 aromatic carbocycles. The van der Waals surface area contributed by atoms with Crippen molar-refractivity contribution in [3.63, 3.8) is 0 Å². The summed E-state index contributed by atoms with van der Waals surface area (Å²) >= 11 is 0. The van der Waals surface area contributed by atoms with Crippen molar-refractivity contribution in [1.82, 2.24) is 5.32 Å². The quantitative estimate of drug-likeness (QED) is 0.545. The molecule has 0 saturated heterocycles. The third-order valence-corrected chi connectivity index (χ3v) is 1.88. The predicted octanol–water partition coefficient (Wildman–Crippen LogP) is 0.637. The van der Waals surface area contributed by atoms with Crippen LogP contribution in [-0.2, 0) is 4.74 Å². The fourth-order valence-electron chi connectivity index (χ4n) is 1.13. The van der Waals surface area contributed by atoms with Crippen LogP contribution in [0.4, 0.5) is 0 Å². The molecule has 0 aliphatic rings. The van der Waals surface area contributed by atoms with E-state index in [4.69, 9.17) is 9.84 Å². The molecule has 0 fully saturated rings. The Hall–Kier alpha value is -1.34. The number of nitrogens with one attached hydrogen (secondary N) is 1. The first-order chi connectivity index (χ1) is 7.93. The van der Waals surface area contributed by atoms with Crippen LogP contribution in [0.15, 0.2) is 30.3 Å². The Morgan fingerprint density at radius 3 is 2.75 bits per heavy atom. The molecule has 86 valence electrons. The Bertz CT molecular complexity index is 327. The lowest BCUT2D eigenvalue weighted by Crippen LogP contribution is -2.20. The average Bonchev–Trinajstić information content (AvgIpc) is 2.34. The highest BCUT2D eigenvalue weighted by atomic mass is 16.5. The van der Waals surface area contributed by atoms with Crippen LogP contribution in [0.3, 0.4) is 0 Å². The maximum atomic E-state index is 8.47. The Morgan fingerprint density at radius 2 is 2.00 bits per heavy atom. The van der Waals surface area contributed by atoms with E-state index in [1.807, 2.05) is 30.3 Å². The first-order valence-corrected chi connectivity index (χ1v) is 5.36. The maximum absolute atomic E-state index is 8.47. The van der Waals surface area contributed by atoms with E-state index in [-0.39, 0.29) is 6.61 Å². The van der Waals surface area contributed by atoms with E-state index in [0.29, 0.717) is 19.8 Å². The minimum absolute atomic E-state index is 0.0772. The zero-order chi connectivity index (χ0) is 11.5. The molecule has 1 rings (SSSR count). The Balaban J connectivity index is 2.05. The van der Waals surface area contributed by atoms with Gasteiger partial charge in [0.15, 0.2) is 0 Å². The Kier molecular flexibility index (Phi) is 7.10. The molecule has 0 heterocycles. The molecule has 0 radical (unpaired) electrons. The zero-order valence-corrected chi connectivity index (χ0v) is 9.28. The first-order valence-electron chi connectivity index (χ1n) is 5.36. The van der Waals surface area contributed by atoms with E-state index < -0.39 is 0 Å². The number of hydrogen-bond donors (Lipinski definition) is 2. The molecule has 2 N–H and O–H groups in total. The van der Waals surface area contributed by atoms with Crippen LogP contribution < -0.4 is 5.32 Å². The lowest BCUT2D eigenvalue weighted by Gasteiger charge is -2.01. The van der Waals surface area contributed by atoms with Crippen LogP contribution in [0.1, 0.15) is 5.56 Å². The third kappa shape index (κ3) is 6.20. The zero-order valence-electron chi connectivity index (χ0n) is 9.28. The van der Waals surface area contributed by atoms with Gasteiger partial charge in [-0.2, -0.15) is 0 Å². The molecule has 0 saturated carbocycles. The normalized spacial score (nSPS) is 9.56. The molecule has 0 aliphatic heterocycles. The Labute approximate surface area is 96.4 Å². The largest absolute Gasteiger partial charge is 0.394 e. The first kappa shape index (κ1) is 12.7. The topological polar surface area (TPSA) is 41.5 Å². The summed E-state index contributed by atoms with van der Waals surface area (Å²) in [7, 11) is 0. The number of hydrogen-bond acceptors (Lipinski definition) is 3. The van der Waals surface area contributed by atoms with Gasteiger partial charge in [0.25, 0.3) is 0 Å². The highest BCUT2D eigenvalue weighted by Gasteiger charge is 1.85. The second kappa shape index (κ2) is 8.93. The molecular formula is C13H17NO2.